The molecule has 1 aliphatic rings. The maximum absolute atomic E-state index is 12.1. The average Bonchev–Trinajstić information content (AvgIpc) is 2.82. The van der Waals surface area contributed by atoms with Crippen LogP contribution in [0.5, 0.6) is 5.88 Å². The zero-order valence-corrected chi connectivity index (χ0v) is 11.0. The minimum absolute atomic E-state index is 0.0297. The van der Waals surface area contributed by atoms with Gasteiger partial charge in [0.1, 0.15) is 5.76 Å². The van der Waals surface area contributed by atoms with Crippen molar-refractivity contribution in [1.29, 1.82) is 0 Å². The van der Waals surface area contributed by atoms with E-state index in [1.165, 1.54) is 0 Å². The predicted octanol–water partition coefficient (Wildman–Crippen LogP) is -0.0300. The van der Waals surface area contributed by atoms with Gasteiger partial charge in [0, 0.05) is 12.6 Å². The van der Waals surface area contributed by atoms with Crippen LogP contribution in [0.3, 0.4) is 0 Å². The molecule has 1 fully saturated rings. The second-order valence-corrected chi connectivity index (χ2v) is 4.60. The lowest BCUT2D eigenvalue weighted by atomic mass is 10.2. The first-order valence-electron chi connectivity index (χ1n) is 6.18. The highest BCUT2D eigenvalue weighted by atomic mass is 16.5. The van der Waals surface area contributed by atoms with Crippen LogP contribution in [0, 0.1) is 6.92 Å². The van der Waals surface area contributed by atoms with Gasteiger partial charge in [-0.3, -0.25) is 4.79 Å². The van der Waals surface area contributed by atoms with E-state index in [4.69, 9.17) is 19.1 Å². The molecule has 2 rings (SSSR count). The van der Waals surface area contributed by atoms with E-state index in [1.807, 2.05) is 6.92 Å². The lowest BCUT2D eigenvalue weighted by molar-refractivity contribution is -0.148. The fraction of sp³-hybridized carbons (Fsp3) is 0.667. The first-order chi connectivity index (χ1) is 9.10. The maximum Gasteiger partial charge on any atom is 0.260 e. The number of morpholine rings is 1. The van der Waals surface area contributed by atoms with Crippen LogP contribution in [0.2, 0.25) is 0 Å². The van der Waals surface area contributed by atoms with Gasteiger partial charge in [-0.1, -0.05) is 0 Å². The molecular formula is C12H18N2O5. The molecule has 2 atom stereocenters. The van der Waals surface area contributed by atoms with Gasteiger partial charge in [-0.25, -0.2) is 0 Å². The number of carbonyl (C=O) groups is 1. The van der Waals surface area contributed by atoms with E-state index >= 15 is 0 Å². The molecule has 1 saturated heterocycles. The van der Waals surface area contributed by atoms with E-state index in [-0.39, 0.29) is 31.3 Å². The van der Waals surface area contributed by atoms with E-state index in [9.17, 15) is 4.79 Å². The highest BCUT2D eigenvalue weighted by Crippen LogP contribution is 2.13. The van der Waals surface area contributed by atoms with Crippen LogP contribution in [-0.2, 0) is 9.53 Å². The molecule has 0 bridgehead atoms. The number of ether oxygens (including phenoxy) is 2. The van der Waals surface area contributed by atoms with Crippen molar-refractivity contribution in [2.75, 3.05) is 26.4 Å². The minimum Gasteiger partial charge on any atom is -0.465 e. The number of amides is 1. The zero-order valence-electron chi connectivity index (χ0n) is 11.0. The van der Waals surface area contributed by atoms with Crippen LogP contribution in [0.1, 0.15) is 12.7 Å². The molecule has 1 aromatic rings. The molecule has 0 saturated carbocycles. The quantitative estimate of drug-likeness (QED) is 0.827. The van der Waals surface area contributed by atoms with Gasteiger partial charge in [0.2, 0.25) is 0 Å². The van der Waals surface area contributed by atoms with Crippen molar-refractivity contribution < 1.29 is 23.9 Å². The molecule has 1 amide bonds. The van der Waals surface area contributed by atoms with Crippen molar-refractivity contribution in [1.82, 2.24) is 10.1 Å². The highest BCUT2D eigenvalue weighted by Gasteiger charge is 2.29. The molecule has 106 valence electrons. The lowest BCUT2D eigenvalue weighted by Gasteiger charge is -2.37. The highest BCUT2D eigenvalue weighted by molar-refractivity contribution is 5.78. The van der Waals surface area contributed by atoms with Crippen molar-refractivity contribution in [3.63, 3.8) is 0 Å². The fourth-order valence-electron chi connectivity index (χ4n) is 1.91. The Morgan fingerprint density at radius 1 is 1.68 bits per heavy atom. The maximum atomic E-state index is 12.1. The summed E-state index contributed by atoms with van der Waals surface area (Å²) in [6, 6.07) is 1.59. The third-order valence-electron chi connectivity index (χ3n) is 2.98. The Morgan fingerprint density at radius 3 is 3.11 bits per heavy atom. The number of aliphatic hydroxyl groups is 1. The number of aliphatic hydroxyl groups excluding tert-OH is 1. The summed E-state index contributed by atoms with van der Waals surface area (Å²) in [5.74, 6) is 0.767. The molecular weight excluding hydrogens is 252 g/mol. The summed E-state index contributed by atoms with van der Waals surface area (Å²) in [7, 11) is 0. The van der Waals surface area contributed by atoms with E-state index in [0.29, 0.717) is 24.8 Å². The molecule has 0 radical (unpaired) electrons. The van der Waals surface area contributed by atoms with Crippen molar-refractivity contribution in [3.05, 3.63) is 11.8 Å². The topological polar surface area (TPSA) is 85.0 Å². The molecule has 2 heterocycles. The van der Waals surface area contributed by atoms with E-state index < -0.39 is 0 Å². The van der Waals surface area contributed by atoms with Gasteiger partial charge < -0.3 is 24.0 Å². The number of nitrogens with zero attached hydrogens (tertiary/aromatic N) is 2. The second kappa shape index (κ2) is 6.03. The summed E-state index contributed by atoms with van der Waals surface area (Å²) in [6.07, 6.45) is -0.325. The number of aromatic nitrogens is 1. The summed E-state index contributed by atoms with van der Waals surface area (Å²) in [6.45, 7) is 4.23. The van der Waals surface area contributed by atoms with Crippen LogP contribution in [-0.4, -0.2) is 59.6 Å². The molecule has 2 unspecified atom stereocenters. The second-order valence-electron chi connectivity index (χ2n) is 4.60. The van der Waals surface area contributed by atoms with Crippen molar-refractivity contribution in [3.8, 4) is 5.88 Å². The summed E-state index contributed by atoms with van der Waals surface area (Å²) in [4.78, 5) is 13.7. The van der Waals surface area contributed by atoms with E-state index in [2.05, 4.69) is 5.16 Å². The summed E-state index contributed by atoms with van der Waals surface area (Å²) in [5.41, 5.74) is 0. The molecule has 0 aromatic carbocycles. The van der Waals surface area contributed by atoms with Crippen molar-refractivity contribution in [2.24, 2.45) is 0 Å². The Bertz CT molecular complexity index is 434. The Hall–Kier alpha value is -1.60. The molecule has 1 N–H and O–H groups in total. The van der Waals surface area contributed by atoms with Crippen LogP contribution in [0.25, 0.3) is 0 Å². The van der Waals surface area contributed by atoms with Gasteiger partial charge in [0.25, 0.3) is 11.8 Å². The number of hydrogen-bond acceptors (Lipinski definition) is 6. The molecule has 7 heteroatoms. The van der Waals surface area contributed by atoms with Gasteiger partial charge in [0.15, 0.2) is 6.61 Å². The molecule has 7 nitrogen and oxygen atoms in total. The Morgan fingerprint density at radius 2 is 2.47 bits per heavy atom. The van der Waals surface area contributed by atoms with Gasteiger partial charge in [0.05, 0.1) is 25.4 Å². The molecule has 19 heavy (non-hydrogen) atoms. The van der Waals surface area contributed by atoms with Gasteiger partial charge in [-0.15, -0.1) is 0 Å². The van der Waals surface area contributed by atoms with Crippen molar-refractivity contribution in [2.45, 2.75) is 26.0 Å². The molecule has 0 aliphatic carbocycles. The SMILES string of the molecule is Cc1cc(OCC(=O)N2CC(CO)OCC2C)no1. The van der Waals surface area contributed by atoms with Crippen LogP contribution < -0.4 is 4.74 Å². The summed E-state index contributed by atoms with van der Waals surface area (Å²) in [5, 5.41) is 12.7. The Balaban J connectivity index is 1.87. The first kappa shape index (κ1) is 13.8. The third kappa shape index (κ3) is 3.45. The monoisotopic (exact) mass is 270 g/mol. The normalized spacial score (nSPS) is 23.4. The number of rotatable bonds is 4. The number of hydrogen-bond donors (Lipinski definition) is 1. The van der Waals surface area contributed by atoms with Crippen LogP contribution in [0.4, 0.5) is 0 Å². The van der Waals surface area contributed by atoms with Crippen LogP contribution in [0.15, 0.2) is 10.6 Å². The molecule has 1 aromatic heterocycles. The van der Waals surface area contributed by atoms with E-state index in [0.717, 1.165) is 0 Å². The largest absolute Gasteiger partial charge is 0.465 e. The Labute approximate surface area is 111 Å². The summed E-state index contributed by atoms with van der Waals surface area (Å²) >= 11 is 0. The predicted molar refractivity (Wildman–Crippen MR) is 64.7 cm³/mol. The third-order valence-corrected chi connectivity index (χ3v) is 2.98. The molecule has 1 aliphatic heterocycles. The van der Waals surface area contributed by atoms with Gasteiger partial charge in [-0.2, -0.15) is 0 Å². The summed E-state index contributed by atoms with van der Waals surface area (Å²) < 4.78 is 15.5. The lowest BCUT2D eigenvalue weighted by Crippen LogP contribution is -2.53. The smallest absolute Gasteiger partial charge is 0.260 e. The zero-order chi connectivity index (χ0) is 13.8. The Kier molecular flexibility index (Phi) is 4.39. The van der Waals surface area contributed by atoms with Gasteiger partial charge >= 0.3 is 0 Å². The standard InChI is InChI=1S/C12H18N2O5/c1-8-6-17-10(5-15)4-14(8)12(16)7-18-11-3-9(2)19-13-11/h3,8,10,15H,4-7H2,1-2H3. The number of carbonyl (C=O) groups excluding carboxylic acids is 1. The fourth-order valence-corrected chi connectivity index (χ4v) is 1.91. The number of aryl methyl sites for hydroxylation is 1. The van der Waals surface area contributed by atoms with Crippen LogP contribution >= 0.6 is 0 Å². The first-order valence-corrected chi connectivity index (χ1v) is 6.18. The van der Waals surface area contributed by atoms with E-state index in [1.54, 1.807) is 17.9 Å². The molecule has 0 spiro atoms. The van der Waals surface area contributed by atoms with Gasteiger partial charge in [-0.05, 0) is 19.0 Å². The average molecular weight is 270 g/mol. The minimum atomic E-state index is -0.325. The van der Waals surface area contributed by atoms with Crippen molar-refractivity contribution >= 4 is 5.91 Å².